The predicted molar refractivity (Wildman–Crippen MR) is 224 cm³/mol. The molecular formula is C36H32Cl2N4O8S8Zn. The first-order chi connectivity index (χ1) is 27.7. The summed E-state index contributed by atoms with van der Waals surface area (Å²) >= 11 is 15.5. The molecule has 0 fully saturated rings. The normalized spacial score (nSPS) is 15.0. The first-order valence-electron chi connectivity index (χ1n) is 16.9. The maximum atomic E-state index is 8.49. The van der Waals surface area contributed by atoms with E-state index in [2.05, 4.69) is 71.9 Å². The molecule has 0 spiro atoms. The third-order valence-electron chi connectivity index (χ3n) is 7.34. The number of hydrogen-bond acceptors (Lipinski definition) is 20. The minimum absolute atomic E-state index is 0. The van der Waals surface area contributed by atoms with Crippen molar-refractivity contribution in [2.24, 2.45) is 0 Å². The van der Waals surface area contributed by atoms with Crippen molar-refractivity contribution in [2.45, 2.75) is 27.7 Å². The van der Waals surface area contributed by atoms with Crippen molar-refractivity contribution in [1.82, 2.24) is 19.9 Å². The van der Waals surface area contributed by atoms with Gasteiger partial charge in [0.05, 0.1) is 48.2 Å². The van der Waals surface area contributed by atoms with Crippen LogP contribution >= 0.6 is 94.1 Å². The second-order valence-corrected chi connectivity index (χ2v) is 23.2. The van der Waals surface area contributed by atoms with Crippen LogP contribution in [0.4, 0.5) is 0 Å². The van der Waals surface area contributed by atoms with Crippen molar-refractivity contribution in [3.63, 3.8) is 0 Å². The number of pyridine rings is 4. The van der Waals surface area contributed by atoms with Crippen molar-refractivity contribution < 1.29 is 77.2 Å². The van der Waals surface area contributed by atoms with Gasteiger partial charge in [-0.05, 0) is 47.3 Å². The Labute approximate surface area is 393 Å². The number of thioether (sulfide) groups is 8. The SMILES string of the molecule is CCSC1=C(SCC)SC(=C2c3cccnc3-c3ncccc32)S1.CCSC1=C(SCC)SC(=C2c3cccnc3-c3ncccc32)S1.[O-][Cl+3]([O-])([O-])[O-].[O-][Cl+3]([O-])([O-])[O-].[Zn+2]. The summed E-state index contributed by atoms with van der Waals surface area (Å²) in [6.45, 7) is 8.87. The Morgan fingerprint density at radius 2 is 0.627 bits per heavy atom. The Kier molecular flexibility index (Phi) is 20.5. The van der Waals surface area contributed by atoms with Crippen LogP contribution in [0.15, 0.2) is 98.7 Å². The number of aromatic nitrogens is 4. The van der Waals surface area contributed by atoms with Crippen LogP contribution < -0.4 is 37.3 Å². The van der Waals surface area contributed by atoms with E-state index in [1.165, 1.54) is 58.8 Å². The van der Waals surface area contributed by atoms with Gasteiger partial charge in [0.2, 0.25) is 0 Å². The van der Waals surface area contributed by atoms with Crippen LogP contribution in [0, 0.1) is 20.5 Å². The quantitative estimate of drug-likeness (QED) is 0.199. The third kappa shape index (κ3) is 14.1. The number of rotatable bonds is 8. The standard InChI is InChI=1S/2C18H16N2S4.2ClHO4.Zn/c2*1-3-21-17-18(22-4-2)24-16(23-17)13-11-7-5-9-19-14(11)15-12(13)8-6-10-20-15;2*2-1(3,4)5;/h2*5-10H,3-4H2,1-2H3;2*(H,2,3,4,5);/q;;;;+2/p-2. The molecule has 308 valence electrons. The molecule has 0 bridgehead atoms. The van der Waals surface area contributed by atoms with Crippen LogP contribution in [-0.2, 0) is 19.5 Å². The minimum atomic E-state index is -4.94. The predicted octanol–water partition coefficient (Wildman–Crippen LogP) is 3.06. The van der Waals surface area contributed by atoms with Gasteiger partial charge < -0.3 is 0 Å². The van der Waals surface area contributed by atoms with Gasteiger partial charge in [0.25, 0.3) is 0 Å². The molecule has 0 saturated carbocycles. The first-order valence-corrected chi connectivity index (χ1v) is 26.6. The third-order valence-corrected chi connectivity index (χ3v) is 17.9. The molecule has 59 heavy (non-hydrogen) atoms. The number of nitrogens with zero attached hydrogens (tertiary/aromatic N) is 4. The van der Waals surface area contributed by atoms with Gasteiger partial charge in [0.15, 0.2) is 0 Å². The second kappa shape index (κ2) is 23.8. The van der Waals surface area contributed by atoms with Gasteiger partial charge >= 0.3 is 19.5 Å². The van der Waals surface area contributed by atoms with Gasteiger partial charge in [-0.2, -0.15) is 0 Å². The van der Waals surface area contributed by atoms with E-state index in [0.29, 0.717) is 0 Å². The fraction of sp³-hybridized carbons (Fsp3) is 0.222. The van der Waals surface area contributed by atoms with Gasteiger partial charge in [-0.1, -0.05) is 99.0 Å². The van der Waals surface area contributed by atoms with E-state index in [1.54, 1.807) is 0 Å². The van der Waals surface area contributed by atoms with E-state index in [4.69, 9.17) is 37.3 Å². The summed E-state index contributed by atoms with van der Waals surface area (Å²) in [6, 6.07) is 16.8. The smallest absolute Gasteiger partial charge is 0.254 e. The molecule has 2 aliphatic carbocycles. The molecule has 4 aromatic rings. The molecular weight excluding hydrogens is 1010 g/mol. The van der Waals surface area contributed by atoms with Crippen molar-refractivity contribution in [3.05, 3.63) is 121 Å². The maximum absolute atomic E-state index is 8.49. The molecule has 8 rings (SSSR count). The van der Waals surface area contributed by atoms with E-state index in [1.807, 2.05) is 143 Å². The zero-order valence-corrected chi connectivity index (χ0v) is 42.6. The van der Waals surface area contributed by atoms with Crippen LogP contribution in [0.5, 0.6) is 0 Å². The molecule has 12 nitrogen and oxygen atoms in total. The Balaban J connectivity index is 0.000000210. The summed E-state index contributed by atoms with van der Waals surface area (Å²) < 4.78 is 76.4. The van der Waals surface area contributed by atoms with Crippen LogP contribution in [0.2, 0.25) is 0 Å². The fourth-order valence-corrected chi connectivity index (χ4v) is 17.1. The van der Waals surface area contributed by atoms with Gasteiger partial charge in [-0.3, -0.25) is 19.9 Å². The summed E-state index contributed by atoms with van der Waals surface area (Å²) in [4.78, 5) is 18.4. The van der Waals surface area contributed by atoms with Crippen LogP contribution in [0.1, 0.15) is 49.9 Å². The molecule has 0 saturated heterocycles. The average Bonchev–Trinajstić information content (AvgIpc) is 3.92. The average molecular weight is 1040 g/mol. The summed E-state index contributed by atoms with van der Waals surface area (Å²) in [6.07, 6.45) is 7.42. The van der Waals surface area contributed by atoms with Gasteiger partial charge in [0.1, 0.15) is 0 Å². The fourth-order valence-electron chi connectivity index (χ4n) is 5.54. The summed E-state index contributed by atoms with van der Waals surface area (Å²) in [5.41, 5.74) is 11.5. The zero-order valence-electron chi connectivity index (χ0n) is 31.5. The Morgan fingerprint density at radius 1 is 0.424 bits per heavy atom. The monoisotopic (exact) mass is 1040 g/mol. The molecule has 4 aromatic heterocycles. The first kappa shape index (κ1) is 50.9. The Bertz CT molecular complexity index is 1940. The zero-order chi connectivity index (χ0) is 42.0. The topological polar surface area (TPSA) is 236 Å². The van der Waals surface area contributed by atoms with Gasteiger partial charge in [-0.25, -0.2) is 37.3 Å². The Morgan fingerprint density at radius 3 is 0.814 bits per heavy atom. The molecule has 23 heteroatoms. The van der Waals surface area contributed by atoms with Crippen molar-refractivity contribution in [3.8, 4) is 22.8 Å². The molecule has 0 N–H and O–H groups in total. The summed E-state index contributed by atoms with van der Waals surface area (Å²) in [5, 5.41) is 0. The van der Waals surface area contributed by atoms with Gasteiger partial charge in [-0.15, -0.1) is 67.5 Å². The Hall–Kier alpha value is -0.757. The summed E-state index contributed by atoms with van der Waals surface area (Å²) in [5.74, 6) is 4.43. The molecule has 2 aliphatic heterocycles. The van der Waals surface area contributed by atoms with Gasteiger partial charge in [0, 0.05) is 58.2 Å². The van der Waals surface area contributed by atoms with Crippen LogP contribution in [0.3, 0.4) is 0 Å². The maximum Gasteiger partial charge on any atom is 2.00 e. The number of fused-ring (bicyclic) bond motifs is 6. The molecule has 0 atom stereocenters. The molecule has 6 heterocycles. The molecule has 0 radical (unpaired) electrons. The van der Waals surface area contributed by atoms with E-state index in [-0.39, 0.29) is 19.5 Å². The minimum Gasteiger partial charge on any atom is -0.254 e. The van der Waals surface area contributed by atoms with Crippen molar-refractivity contribution in [2.75, 3.05) is 23.0 Å². The molecule has 0 aromatic carbocycles. The van der Waals surface area contributed by atoms with Crippen molar-refractivity contribution >= 4 is 105 Å². The number of halogens is 2. The number of hydrogen-bond donors (Lipinski definition) is 0. The summed E-state index contributed by atoms with van der Waals surface area (Å²) in [7, 11) is -9.89. The molecule has 0 amide bonds. The van der Waals surface area contributed by atoms with E-state index >= 15 is 0 Å². The van der Waals surface area contributed by atoms with E-state index in [0.717, 1.165) is 45.8 Å². The van der Waals surface area contributed by atoms with Crippen molar-refractivity contribution in [1.29, 1.82) is 0 Å². The van der Waals surface area contributed by atoms with Crippen LogP contribution in [-0.4, -0.2) is 42.9 Å². The largest absolute Gasteiger partial charge is 2.00 e. The molecule has 4 aliphatic rings. The molecule has 0 unspecified atom stereocenters. The van der Waals surface area contributed by atoms with E-state index in [9.17, 15) is 0 Å². The van der Waals surface area contributed by atoms with Crippen LogP contribution in [0.25, 0.3) is 33.9 Å². The van der Waals surface area contributed by atoms with E-state index < -0.39 is 20.5 Å². The second-order valence-electron chi connectivity index (χ2n) is 11.0.